The Kier molecular flexibility index (Phi) is 5.40. The number of likely N-dealkylation sites (tertiary alicyclic amines) is 1. The van der Waals surface area contributed by atoms with Crippen molar-refractivity contribution in [2.75, 3.05) is 13.2 Å². The fraction of sp³-hybridized carbons (Fsp3) is 0.647. The van der Waals surface area contributed by atoms with Crippen LogP contribution in [0.5, 0.6) is 0 Å². The van der Waals surface area contributed by atoms with Gasteiger partial charge in [-0.05, 0) is 44.1 Å². The summed E-state index contributed by atoms with van der Waals surface area (Å²) in [5.41, 5.74) is 1.02. The van der Waals surface area contributed by atoms with E-state index in [1.54, 1.807) is 11.0 Å². The second-order valence-electron chi connectivity index (χ2n) is 6.79. The van der Waals surface area contributed by atoms with Crippen LogP contribution in [0.3, 0.4) is 0 Å². The monoisotopic (exact) mass is 306 g/mol. The van der Waals surface area contributed by atoms with Crippen LogP contribution in [0.25, 0.3) is 0 Å². The highest BCUT2D eigenvalue weighted by atomic mass is 16.3. The zero-order valence-electron chi connectivity index (χ0n) is 13.6. The molecule has 2 N–H and O–H groups in total. The van der Waals surface area contributed by atoms with Crippen LogP contribution >= 0.6 is 0 Å². The van der Waals surface area contributed by atoms with E-state index in [0.717, 1.165) is 25.0 Å². The molecular formula is C17H26N2O3. The van der Waals surface area contributed by atoms with Crippen LogP contribution in [0.15, 0.2) is 16.9 Å². The number of aromatic amines is 1. The normalized spacial score (nSPS) is 22.1. The molecule has 2 heterocycles. The third kappa shape index (κ3) is 3.97. The van der Waals surface area contributed by atoms with Crippen molar-refractivity contribution in [1.82, 2.24) is 9.88 Å². The predicted molar refractivity (Wildman–Crippen MR) is 85.9 cm³/mol. The molecule has 1 aromatic heterocycles. The summed E-state index contributed by atoms with van der Waals surface area (Å²) >= 11 is 0. The molecule has 1 fully saturated rings. The Hall–Kier alpha value is -1.62. The Balaban J connectivity index is 2.24. The van der Waals surface area contributed by atoms with Crippen LogP contribution in [0.4, 0.5) is 0 Å². The van der Waals surface area contributed by atoms with Gasteiger partial charge in [0.1, 0.15) is 0 Å². The Morgan fingerprint density at radius 2 is 2.14 bits per heavy atom. The van der Waals surface area contributed by atoms with Crippen LogP contribution in [0, 0.1) is 11.8 Å². The molecular weight excluding hydrogens is 280 g/mol. The summed E-state index contributed by atoms with van der Waals surface area (Å²) in [6, 6.07) is 3.31. The zero-order valence-corrected chi connectivity index (χ0v) is 13.6. The minimum Gasteiger partial charge on any atom is -0.396 e. The number of rotatable bonds is 4. The third-order valence-electron chi connectivity index (χ3n) is 4.27. The fourth-order valence-electron chi connectivity index (χ4n) is 3.05. The number of aliphatic hydroxyl groups is 1. The van der Waals surface area contributed by atoms with Crippen molar-refractivity contribution in [3.05, 3.63) is 33.7 Å². The van der Waals surface area contributed by atoms with E-state index in [4.69, 9.17) is 0 Å². The van der Waals surface area contributed by atoms with Gasteiger partial charge in [0.2, 0.25) is 5.56 Å². The summed E-state index contributed by atoms with van der Waals surface area (Å²) in [6.45, 7) is 6.83. The first kappa shape index (κ1) is 16.7. The maximum absolute atomic E-state index is 12.8. The number of carbonyl (C=O) groups is 1. The Morgan fingerprint density at radius 3 is 2.77 bits per heavy atom. The number of amides is 1. The van der Waals surface area contributed by atoms with Gasteiger partial charge in [0.25, 0.3) is 5.91 Å². The molecule has 0 bridgehead atoms. The van der Waals surface area contributed by atoms with E-state index >= 15 is 0 Å². The minimum absolute atomic E-state index is 0.102. The van der Waals surface area contributed by atoms with Crippen LogP contribution in [-0.2, 0) is 6.42 Å². The number of carbonyl (C=O) groups excluding carboxylic acids is 1. The van der Waals surface area contributed by atoms with Gasteiger partial charge in [0, 0.05) is 36.5 Å². The van der Waals surface area contributed by atoms with Crippen LogP contribution in [0.1, 0.15) is 49.7 Å². The first-order valence-electron chi connectivity index (χ1n) is 8.05. The first-order chi connectivity index (χ1) is 10.4. The van der Waals surface area contributed by atoms with Gasteiger partial charge in [-0.1, -0.05) is 13.8 Å². The number of aliphatic hydroxyl groups excluding tert-OH is 1. The zero-order chi connectivity index (χ0) is 16.3. The second kappa shape index (κ2) is 7.09. The van der Waals surface area contributed by atoms with Gasteiger partial charge in [-0.2, -0.15) is 0 Å². The number of H-pyrrole nitrogens is 1. The van der Waals surface area contributed by atoms with Gasteiger partial charge in [-0.3, -0.25) is 9.59 Å². The molecule has 5 nitrogen and oxygen atoms in total. The molecule has 1 amide bonds. The van der Waals surface area contributed by atoms with Crippen LogP contribution in [-0.4, -0.2) is 40.1 Å². The first-order valence-corrected chi connectivity index (χ1v) is 8.05. The van der Waals surface area contributed by atoms with Gasteiger partial charge in [-0.15, -0.1) is 0 Å². The number of hydrogen-bond donors (Lipinski definition) is 2. The Morgan fingerprint density at radius 1 is 1.41 bits per heavy atom. The summed E-state index contributed by atoms with van der Waals surface area (Å²) in [7, 11) is 0. The topological polar surface area (TPSA) is 73.4 Å². The van der Waals surface area contributed by atoms with Crippen molar-refractivity contribution in [3.8, 4) is 0 Å². The molecule has 1 aliphatic rings. The lowest BCUT2D eigenvalue weighted by molar-refractivity contribution is 0.0488. The Bertz CT molecular complexity index is 580. The maximum Gasteiger partial charge on any atom is 0.254 e. The number of aromatic nitrogens is 1. The van der Waals surface area contributed by atoms with Crippen molar-refractivity contribution in [2.45, 2.75) is 46.1 Å². The standard InChI is InChI=1S/C17H26N2O3/c1-11(2)6-15-7-14(8-16(21)18-15)17(22)19-9-13(10-20)5-4-12(19)3/h7-8,11-13,20H,4-6,9-10H2,1-3H3,(H,18,21). The second-order valence-corrected chi connectivity index (χ2v) is 6.79. The number of nitrogens with one attached hydrogen (secondary N) is 1. The molecule has 0 saturated carbocycles. The largest absolute Gasteiger partial charge is 0.396 e. The van der Waals surface area contributed by atoms with E-state index in [0.29, 0.717) is 18.0 Å². The highest BCUT2D eigenvalue weighted by Crippen LogP contribution is 2.23. The van der Waals surface area contributed by atoms with Crippen LogP contribution in [0.2, 0.25) is 0 Å². The summed E-state index contributed by atoms with van der Waals surface area (Å²) < 4.78 is 0. The summed E-state index contributed by atoms with van der Waals surface area (Å²) in [4.78, 5) is 29.2. The van der Waals surface area contributed by atoms with Crippen molar-refractivity contribution in [1.29, 1.82) is 0 Å². The summed E-state index contributed by atoms with van der Waals surface area (Å²) in [6.07, 6.45) is 2.57. The average Bonchev–Trinajstić information content (AvgIpc) is 2.45. The number of hydrogen-bond acceptors (Lipinski definition) is 3. The highest BCUT2D eigenvalue weighted by molar-refractivity contribution is 5.94. The average molecular weight is 306 g/mol. The molecule has 0 aromatic carbocycles. The van der Waals surface area contributed by atoms with E-state index in [9.17, 15) is 14.7 Å². The molecule has 2 rings (SSSR count). The maximum atomic E-state index is 12.8. The van der Waals surface area contributed by atoms with Crippen molar-refractivity contribution >= 4 is 5.91 Å². The molecule has 0 spiro atoms. The SMILES string of the molecule is CC(C)Cc1cc(C(=O)N2CC(CO)CCC2C)cc(=O)[nH]1. The molecule has 122 valence electrons. The van der Waals surface area contributed by atoms with Crippen LogP contribution < -0.4 is 5.56 Å². The lowest BCUT2D eigenvalue weighted by atomic mass is 9.93. The molecule has 0 aliphatic carbocycles. The Labute approximate surface area is 131 Å². The van der Waals surface area contributed by atoms with Crippen molar-refractivity contribution < 1.29 is 9.90 Å². The van der Waals surface area contributed by atoms with Crippen molar-refractivity contribution in [2.24, 2.45) is 11.8 Å². The third-order valence-corrected chi connectivity index (χ3v) is 4.27. The van der Waals surface area contributed by atoms with E-state index in [-0.39, 0.29) is 30.0 Å². The molecule has 22 heavy (non-hydrogen) atoms. The minimum atomic E-state index is -0.232. The summed E-state index contributed by atoms with van der Waals surface area (Å²) in [5, 5.41) is 9.34. The number of pyridine rings is 1. The van der Waals surface area contributed by atoms with Gasteiger partial charge in [0.05, 0.1) is 0 Å². The lowest BCUT2D eigenvalue weighted by Gasteiger charge is -2.37. The highest BCUT2D eigenvalue weighted by Gasteiger charge is 2.29. The quantitative estimate of drug-likeness (QED) is 0.891. The van der Waals surface area contributed by atoms with Crippen molar-refractivity contribution in [3.63, 3.8) is 0 Å². The molecule has 2 atom stereocenters. The lowest BCUT2D eigenvalue weighted by Crippen LogP contribution is -2.46. The molecule has 1 saturated heterocycles. The smallest absolute Gasteiger partial charge is 0.254 e. The van der Waals surface area contributed by atoms with E-state index < -0.39 is 0 Å². The number of nitrogens with zero attached hydrogens (tertiary/aromatic N) is 1. The molecule has 1 aliphatic heterocycles. The number of piperidine rings is 1. The van der Waals surface area contributed by atoms with Gasteiger partial charge >= 0.3 is 0 Å². The van der Waals surface area contributed by atoms with E-state index in [1.165, 1.54) is 6.07 Å². The molecule has 1 aromatic rings. The summed E-state index contributed by atoms with van der Waals surface area (Å²) in [5.74, 6) is 0.438. The van der Waals surface area contributed by atoms with Gasteiger partial charge < -0.3 is 15.0 Å². The van der Waals surface area contributed by atoms with Gasteiger partial charge in [0.15, 0.2) is 0 Å². The molecule has 2 unspecified atom stereocenters. The van der Waals surface area contributed by atoms with E-state index in [2.05, 4.69) is 18.8 Å². The van der Waals surface area contributed by atoms with E-state index in [1.807, 2.05) is 6.92 Å². The predicted octanol–water partition coefficient (Wildman–Crippen LogP) is 1.81. The fourth-order valence-corrected chi connectivity index (χ4v) is 3.05. The molecule has 0 radical (unpaired) electrons. The van der Waals surface area contributed by atoms with Gasteiger partial charge in [-0.25, -0.2) is 0 Å². The molecule has 5 heteroatoms.